The standard InChI is InChI=1S/C22H15N3O4S/c26-19-8-9-20(27)25(19)15-6-3-5-14(10-15)21(28)24-22-23-16(12-30-22)18-11-13-4-1-2-7-17(13)29-18/h1-7,10-12H,8-9H2,(H,23,24,28). The average molecular weight is 417 g/mol. The number of hydrogen-bond acceptors (Lipinski definition) is 6. The van der Waals surface area contributed by atoms with Gasteiger partial charge in [-0.2, -0.15) is 0 Å². The van der Waals surface area contributed by atoms with Gasteiger partial charge in [0.2, 0.25) is 11.8 Å². The van der Waals surface area contributed by atoms with E-state index in [0.29, 0.717) is 27.8 Å². The Morgan fingerprint density at radius 1 is 1.03 bits per heavy atom. The van der Waals surface area contributed by atoms with E-state index in [2.05, 4.69) is 10.3 Å². The van der Waals surface area contributed by atoms with Crippen molar-refractivity contribution in [2.24, 2.45) is 0 Å². The minimum Gasteiger partial charge on any atom is -0.454 e. The fourth-order valence-electron chi connectivity index (χ4n) is 3.37. The summed E-state index contributed by atoms with van der Waals surface area (Å²) < 4.78 is 5.81. The number of furan rings is 1. The Bertz CT molecular complexity index is 1260. The molecule has 1 aliphatic heterocycles. The van der Waals surface area contributed by atoms with Crippen LogP contribution >= 0.6 is 11.3 Å². The van der Waals surface area contributed by atoms with Crippen molar-refractivity contribution < 1.29 is 18.8 Å². The second kappa shape index (κ2) is 7.23. The maximum Gasteiger partial charge on any atom is 0.257 e. The molecule has 0 bridgehead atoms. The van der Waals surface area contributed by atoms with E-state index >= 15 is 0 Å². The number of nitrogens with zero attached hydrogens (tertiary/aromatic N) is 2. The zero-order chi connectivity index (χ0) is 20.7. The molecule has 2 aromatic carbocycles. The monoisotopic (exact) mass is 417 g/mol. The number of rotatable bonds is 4. The molecule has 1 fully saturated rings. The smallest absolute Gasteiger partial charge is 0.257 e. The molecule has 0 atom stereocenters. The minimum absolute atomic E-state index is 0.193. The first kappa shape index (κ1) is 18.3. The number of carbonyl (C=O) groups excluding carboxylic acids is 3. The van der Waals surface area contributed by atoms with Crippen LogP contribution in [0.25, 0.3) is 22.4 Å². The Morgan fingerprint density at radius 3 is 2.63 bits per heavy atom. The first-order chi connectivity index (χ1) is 14.6. The zero-order valence-corrected chi connectivity index (χ0v) is 16.4. The molecule has 30 heavy (non-hydrogen) atoms. The highest BCUT2D eigenvalue weighted by Crippen LogP contribution is 2.30. The molecule has 0 saturated carbocycles. The lowest BCUT2D eigenvalue weighted by molar-refractivity contribution is -0.121. The van der Waals surface area contributed by atoms with Crippen LogP contribution in [0, 0.1) is 0 Å². The second-order valence-electron chi connectivity index (χ2n) is 6.81. The van der Waals surface area contributed by atoms with Crippen molar-refractivity contribution in [3.63, 3.8) is 0 Å². The molecule has 0 unspecified atom stereocenters. The SMILES string of the molecule is O=C(Nc1nc(-c2cc3ccccc3o2)cs1)c1cccc(N2C(=O)CCC2=O)c1. The summed E-state index contributed by atoms with van der Waals surface area (Å²) in [4.78, 5) is 42.1. The molecule has 0 spiro atoms. The fraction of sp³-hybridized carbons (Fsp3) is 0.0909. The summed E-state index contributed by atoms with van der Waals surface area (Å²) in [5.41, 5.74) is 2.14. The number of para-hydroxylation sites is 1. The number of thiazole rings is 1. The Hall–Kier alpha value is -3.78. The van der Waals surface area contributed by atoms with Crippen molar-refractivity contribution in [1.82, 2.24) is 4.98 Å². The maximum atomic E-state index is 12.7. The molecule has 8 heteroatoms. The molecule has 1 N–H and O–H groups in total. The Kier molecular flexibility index (Phi) is 4.40. The summed E-state index contributed by atoms with van der Waals surface area (Å²) in [6.45, 7) is 0. The van der Waals surface area contributed by atoms with Crippen LogP contribution in [-0.4, -0.2) is 22.7 Å². The van der Waals surface area contributed by atoms with Crippen LogP contribution in [0.4, 0.5) is 10.8 Å². The number of hydrogen-bond donors (Lipinski definition) is 1. The molecule has 0 aliphatic carbocycles. The normalized spacial score (nSPS) is 13.9. The molecule has 148 valence electrons. The number of anilines is 2. The van der Waals surface area contributed by atoms with Crippen molar-refractivity contribution in [1.29, 1.82) is 0 Å². The van der Waals surface area contributed by atoms with Gasteiger partial charge in [0, 0.05) is 29.2 Å². The fourth-order valence-corrected chi connectivity index (χ4v) is 4.07. The quantitative estimate of drug-likeness (QED) is 0.495. The number of carbonyl (C=O) groups is 3. The van der Waals surface area contributed by atoms with Gasteiger partial charge in [-0.15, -0.1) is 11.3 Å². The van der Waals surface area contributed by atoms with Crippen molar-refractivity contribution in [2.45, 2.75) is 12.8 Å². The largest absolute Gasteiger partial charge is 0.454 e. The van der Waals surface area contributed by atoms with Gasteiger partial charge in [0.15, 0.2) is 10.9 Å². The average Bonchev–Trinajstić information content (AvgIpc) is 3.46. The van der Waals surface area contributed by atoms with Crippen LogP contribution in [0.2, 0.25) is 0 Å². The summed E-state index contributed by atoms with van der Waals surface area (Å²) in [6, 6.07) is 16.0. The van der Waals surface area contributed by atoms with Crippen LogP contribution in [0.3, 0.4) is 0 Å². The first-order valence-electron chi connectivity index (χ1n) is 9.30. The number of amides is 3. The van der Waals surface area contributed by atoms with Gasteiger partial charge in [0.1, 0.15) is 11.3 Å². The van der Waals surface area contributed by atoms with E-state index in [4.69, 9.17) is 4.42 Å². The Balaban J connectivity index is 1.35. The number of fused-ring (bicyclic) bond motifs is 1. The maximum absolute atomic E-state index is 12.7. The summed E-state index contributed by atoms with van der Waals surface area (Å²) in [6.07, 6.45) is 0.387. The van der Waals surface area contributed by atoms with Gasteiger partial charge in [0.25, 0.3) is 5.91 Å². The van der Waals surface area contributed by atoms with E-state index < -0.39 is 0 Å². The lowest BCUT2D eigenvalue weighted by Crippen LogP contribution is -2.28. The third-order valence-electron chi connectivity index (χ3n) is 4.82. The van der Waals surface area contributed by atoms with Crippen molar-refractivity contribution in [3.05, 3.63) is 65.5 Å². The van der Waals surface area contributed by atoms with E-state index in [1.807, 2.05) is 35.7 Å². The second-order valence-corrected chi connectivity index (χ2v) is 7.67. The molecule has 7 nitrogen and oxygen atoms in total. The lowest BCUT2D eigenvalue weighted by Gasteiger charge is -2.14. The summed E-state index contributed by atoms with van der Waals surface area (Å²) in [5.74, 6) is -0.261. The van der Waals surface area contributed by atoms with Crippen molar-refractivity contribution >= 4 is 50.8 Å². The number of imide groups is 1. The van der Waals surface area contributed by atoms with E-state index in [0.717, 1.165) is 15.9 Å². The topological polar surface area (TPSA) is 92.5 Å². The first-order valence-corrected chi connectivity index (χ1v) is 10.2. The van der Waals surface area contributed by atoms with Gasteiger partial charge < -0.3 is 4.42 Å². The third-order valence-corrected chi connectivity index (χ3v) is 5.58. The van der Waals surface area contributed by atoms with Crippen LogP contribution in [0.1, 0.15) is 23.2 Å². The highest BCUT2D eigenvalue weighted by Gasteiger charge is 2.30. The molecule has 3 heterocycles. The highest BCUT2D eigenvalue weighted by atomic mass is 32.1. The lowest BCUT2D eigenvalue weighted by atomic mass is 10.2. The van der Waals surface area contributed by atoms with Gasteiger partial charge in [0.05, 0.1) is 5.69 Å². The van der Waals surface area contributed by atoms with Crippen LogP contribution in [0.5, 0.6) is 0 Å². The van der Waals surface area contributed by atoms with Gasteiger partial charge in [-0.05, 0) is 30.3 Å². The van der Waals surface area contributed by atoms with E-state index in [9.17, 15) is 14.4 Å². The number of nitrogens with one attached hydrogen (secondary N) is 1. The summed E-state index contributed by atoms with van der Waals surface area (Å²) >= 11 is 1.29. The van der Waals surface area contributed by atoms with Crippen LogP contribution < -0.4 is 10.2 Å². The highest BCUT2D eigenvalue weighted by molar-refractivity contribution is 7.14. The molecule has 1 saturated heterocycles. The molecule has 3 amide bonds. The molecule has 5 rings (SSSR count). The molecular weight excluding hydrogens is 402 g/mol. The molecule has 4 aromatic rings. The third kappa shape index (κ3) is 3.27. The van der Waals surface area contributed by atoms with E-state index in [1.54, 1.807) is 18.2 Å². The van der Waals surface area contributed by atoms with E-state index in [-0.39, 0.29) is 30.6 Å². The Labute approximate surface area is 174 Å². The predicted molar refractivity (Wildman–Crippen MR) is 113 cm³/mol. The van der Waals surface area contributed by atoms with E-state index in [1.165, 1.54) is 17.4 Å². The minimum atomic E-state index is -0.374. The van der Waals surface area contributed by atoms with Crippen molar-refractivity contribution in [3.8, 4) is 11.5 Å². The van der Waals surface area contributed by atoms with Gasteiger partial charge in [-0.25, -0.2) is 4.98 Å². The number of benzene rings is 2. The van der Waals surface area contributed by atoms with Crippen molar-refractivity contribution in [2.75, 3.05) is 10.2 Å². The molecule has 2 aromatic heterocycles. The zero-order valence-electron chi connectivity index (χ0n) is 15.6. The Morgan fingerprint density at radius 2 is 1.83 bits per heavy atom. The van der Waals surface area contributed by atoms with Gasteiger partial charge in [-0.3, -0.25) is 24.6 Å². The molecule has 1 aliphatic rings. The summed E-state index contributed by atoms with van der Waals surface area (Å²) in [7, 11) is 0. The molecule has 0 radical (unpaired) electrons. The van der Waals surface area contributed by atoms with Gasteiger partial charge in [-0.1, -0.05) is 24.3 Å². The van der Waals surface area contributed by atoms with Gasteiger partial charge >= 0.3 is 0 Å². The predicted octanol–water partition coefficient (Wildman–Crippen LogP) is 4.46. The van der Waals surface area contributed by atoms with Crippen LogP contribution in [0.15, 0.2) is 64.4 Å². The number of aromatic nitrogens is 1. The van der Waals surface area contributed by atoms with Crippen LogP contribution in [-0.2, 0) is 9.59 Å². The molecular formula is C22H15N3O4S. The summed E-state index contributed by atoms with van der Waals surface area (Å²) in [5, 5.41) is 5.98.